The van der Waals surface area contributed by atoms with Crippen LogP contribution in [0, 0.1) is 0 Å². The summed E-state index contributed by atoms with van der Waals surface area (Å²) >= 11 is 0. The molecule has 208 valence electrons. The summed E-state index contributed by atoms with van der Waals surface area (Å²) in [7, 11) is 0. The molecule has 0 unspecified atom stereocenters. The normalized spacial score (nSPS) is 11.7. The maximum absolute atomic E-state index is 13.4. The van der Waals surface area contributed by atoms with Crippen LogP contribution >= 0.6 is 0 Å². The Labute approximate surface area is 237 Å². The number of amides is 2. The number of phenolic OH excluding ortho intramolecular Hbond substituents is 2. The molecule has 0 fully saturated rings. The highest BCUT2D eigenvalue weighted by atomic mass is 16.3. The number of carbonyl (C=O) groups is 1. The van der Waals surface area contributed by atoms with Gasteiger partial charge in [-0.05, 0) is 51.8 Å². The van der Waals surface area contributed by atoms with Crippen LogP contribution in [-0.2, 0) is 12.1 Å². The maximum atomic E-state index is 13.4. The van der Waals surface area contributed by atoms with Gasteiger partial charge in [-0.25, -0.2) is 4.79 Å². The van der Waals surface area contributed by atoms with Crippen LogP contribution < -0.4 is 16.0 Å². The molecule has 0 spiro atoms. The number of benzene rings is 4. The van der Waals surface area contributed by atoms with Crippen molar-refractivity contribution in [1.82, 2.24) is 5.32 Å². The van der Waals surface area contributed by atoms with Crippen molar-refractivity contribution in [2.75, 3.05) is 11.4 Å². The molecule has 0 aliphatic rings. The summed E-state index contributed by atoms with van der Waals surface area (Å²) in [4.78, 5) is 15.1. The molecule has 0 radical (unpaired) electrons. The van der Waals surface area contributed by atoms with Gasteiger partial charge >= 0.3 is 6.03 Å². The summed E-state index contributed by atoms with van der Waals surface area (Å²) in [5, 5.41) is 23.7. The fraction of sp³-hybridized carbons (Fsp3) is 0.265. The highest BCUT2D eigenvalue weighted by molar-refractivity contribution is 5.93. The lowest BCUT2D eigenvalue weighted by molar-refractivity contribution is 0.251. The molecule has 0 saturated carbocycles. The largest absolute Gasteiger partial charge is 0.504 e. The number of phenols is 2. The van der Waals surface area contributed by atoms with Crippen LogP contribution in [-0.4, -0.2) is 22.8 Å². The minimum atomic E-state index is -0.872. The quantitative estimate of drug-likeness (QED) is 0.164. The van der Waals surface area contributed by atoms with Gasteiger partial charge in [-0.15, -0.1) is 0 Å². The minimum Gasteiger partial charge on any atom is -0.504 e. The van der Waals surface area contributed by atoms with E-state index in [0.29, 0.717) is 6.54 Å². The first-order valence-electron chi connectivity index (χ1n) is 13.7. The third-order valence-corrected chi connectivity index (χ3v) is 7.44. The number of primary amides is 1. The molecule has 0 atom stereocenters. The molecule has 4 aromatic rings. The second kappa shape index (κ2) is 12.3. The van der Waals surface area contributed by atoms with Crippen molar-refractivity contribution in [3.63, 3.8) is 0 Å². The van der Waals surface area contributed by atoms with Crippen LogP contribution in [0.3, 0.4) is 0 Å². The minimum absolute atomic E-state index is 0.173. The zero-order valence-electron chi connectivity index (χ0n) is 23.6. The first kappa shape index (κ1) is 28.7. The Hall–Kier alpha value is -4.29. The fourth-order valence-corrected chi connectivity index (χ4v) is 5.31. The molecule has 0 heterocycles. The number of carbonyl (C=O) groups excluding carboxylic acids is 1. The van der Waals surface area contributed by atoms with E-state index in [9.17, 15) is 15.0 Å². The van der Waals surface area contributed by atoms with Crippen molar-refractivity contribution in [3.8, 4) is 11.5 Å². The highest BCUT2D eigenvalue weighted by Crippen LogP contribution is 2.39. The summed E-state index contributed by atoms with van der Waals surface area (Å²) in [5.74, 6) is -0.0132. The Bertz CT molecular complexity index is 1370. The van der Waals surface area contributed by atoms with E-state index in [1.807, 2.05) is 66.7 Å². The zero-order valence-corrected chi connectivity index (χ0v) is 23.6. The molecule has 2 amide bonds. The van der Waals surface area contributed by atoms with Crippen LogP contribution in [0.5, 0.6) is 11.5 Å². The number of urea groups is 1. The Kier molecular flexibility index (Phi) is 8.80. The lowest BCUT2D eigenvalue weighted by atomic mass is 9.81. The second-order valence-electron chi connectivity index (χ2n) is 10.8. The van der Waals surface area contributed by atoms with Gasteiger partial charge in [0.05, 0.1) is 17.8 Å². The molecule has 4 aromatic carbocycles. The highest BCUT2D eigenvalue weighted by Gasteiger charge is 2.39. The molecule has 0 bridgehead atoms. The number of nitrogens with zero attached hydrogens (tertiary/aromatic N) is 1. The lowest BCUT2D eigenvalue weighted by Crippen LogP contribution is -2.54. The van der Waals surface area contributed by atoms with Gasteiger partial charge in [0.1, 0.15) is 0 Å². The molecule has 0 aliphatic carbocycles. The molecule has 4 rings (SSSR count). The Morgan fingerprint density at radius 1 is 0.775 bits per heavy atom. The van der Waals surface area contributed by atoms with Gasteiger partial charge in [0, 0.05) is 6.54 Å². The molecule has 0 aromatic heterocycles. The standard InChI is InChI=1S/C34H39N3O3/c1-23(2)28-16-11-17-29(24(3)4)32(28)37(33(35)40)22-34(26-12-7-5-8-13-26,27-14-9-6-10-15-27)36-21-25-18-19-30(38)31(39)20-25/h5-20,23-24,36,38-39H,21-22H2,1-4H3,(H2,35,40). The van der Waals surface area contributed by atoms with E-state index in [0.717, 1.165) is 33.5 Å². The summed E-state index contributed by atoms with van der Waals surface area (Å²) in [5.41, 5.74) is 11.0. The summed E-state index contributed by atoms with van der Waals surface area (Å²) in [6, 6.07) is 30.5. The van der Waals surface area contributed by atoms with Crippen LogP contribution in [0.25, 0.3) is 0 Å². The predicted octanol–water partition coefficient (Wildman–Crippen LogP) is 6.96. The van der Waals surface area contributed by atoms with E-state index in [4.69, 9.17) is 5.73 Å². The van der Waals surface area contributed by atoms with Gasteiger partial charge in [0.2, 0.25) is 0 Å². The molecule has 6 heteroatoms. The molecule has 5 N–H and O–H groups in total. The van der Waals surface area contributed by atoms with E-state index in [1.54, 1.807) is 17.0 Å². The van der Waals surface area contributed by atoms with E-state index in [-0.39, 0.29) is 29.9 Å². The van der Waals surface area contributed by atoms with Crippen molar-refractivity contribution < 1.29 is 15.0 Å². The number of nitrogens with two attached hydrogens (primary N) is 1. The Balaban J connectivity index is 1.94. The average molecular weight is 538 g/mol. The molecular weight excluding hydrogens is 498 g/mol. The van der Waals surface area contributed by atoms with Gasteiger partial charge in [-0.2, -0.15) is 0 Å². The van der Waals surface area contributed by atoms with Gasteiger partial charge in [-0.3, -0.25) is 10.2 Å². The van der Waals surface area contributed by atoms with Gasteiger partial charge in [0.15, 0.2) is 11.5 Å². The monoisotopic (exact) mass is 537 g/mol. The summed E-state index contributed by atoms with van der Waals surface area (Å²) in [6.45, 7) is 9.08. The molecule has 40 heavy (non-hydrogen) atoms. The smallest absolute Gasteiger partial charge is 0.319 e. The van der Waals surface area contributed by atoms with Gasteiger partial charge in [0.25, 0.3) is 0 Å². The number of hydrogen-bond donors (Lipinski definition) is 4. The predicted molar refractivity (Wildman–Crippen MR) is 162 cm³/mol. The van der Waals surface area contributed by atoms with E-state index in [1.165, 1.54) is 6.07 Å². The Morgan fingerprint density at radius 2 is 1.30 bits per heavy atom. The van der Waals surface area contributed by atoms with Gasteiger partial charge < -0.3 is 15.9 Å². The first-order chi connectivity index (χ1) is 19.1. The van der Waals surface area contributed by atoms with Crippen molar-refractivity contribution in [1.29, 1.82) is 0 Å². The molecule has 0 aliphatic heterocycles. The van der Waals surface area contributed by atoms with E-state index in [2.05, 4.69) is 45.1 Å². The average Bonchev–Trinajstić information content (AvgIpc) is 2.95. The van der Waals surface area contributed by atoms with Crippen molar-refractivity contribution in [2.45, 2.75) is 51.6 Å². The third kappa shape index (κ3) is 5.97. The fourth-order valence-electron chi connectivity index (χ4n) is 5.31. The van der Waals surface area contributed by atoms with Crippen molar-refractivity contribution in [2.24, 2.45) is 5.73 Å². The second-order valence-corrected chi connectivity index (χ2v) is 10.8. The third-order valence-electron chi connectivity index (χ3n) is 7.44. The maximum Gasteiger partial charge on any atom is 0.319 e. The number of para-hydroxylation sites is 1. The van der Waals surface area contributed by atoms with E-state index >= 15 is 0 Å². The SMILES string of the molecule is CC(C)c1cccc(C(C)C)c1N(CC(NCc1ccc(O)c(O)c1)(c1ccccc1)c1ccccc1)C(N)=O. The number of rotatable bonds is 10. The topological polar surface area (TPSA) is 98.8 Å². The van der Waals surface area contributed by atoms with Gasteiger partial charge in [-0.1, -0.05) is 113 Å². The van der Waals surface area contributed by atoms with Crippen LogP contribution in [0.4, 0.5) is 10.5 Å². The zero-order chi connectivity index (χ0) is 28.9. The number of anilines is 1. The first-order valence-corrected chi connectivity index (χ1v) is 13.7. The van der Waals surface area contributed by atoms with Crippen molar-refractivity contribution in [3.05, 3.63) is 125 Å². The molecular formula is C34H39N3O3. The number of nitrogens with one attached hydrogen (secondary N) is 1. The van der Waals surface area contributed by atoms with Crippen LogP contribution in [0.2, 0.25) is 0 Å². The van der Waals surface area contributed by atoms with E-state index < -0.39 is 11.6 Å². The molecule has 6 nitrogen and oxygen atoms in total. The van der Waals surface area contributed by atoms with Crippen molar-refractivity contribution >= 4 is 11.7 Å². The molecule has 0 saturated heterocycles. The number of hydrogen-bond acceptors (Lipinski definition) is 4. The number of aromatic hydroxyl groups is 2. The summed E-state index contributed by atoms with van der Waals surface area (Å²) < 4.78 is 0. The summed E-state index contributed by atoms with van der Waals surface area (Å²) in [6.07, 6.45) is 0. The van der Waals surface area contributed by atoms with Crippen LogP contribution in [0.15, 0.2) is 97.1 Å². The lowest BCUT2D eigenvalue weighted by Gasteiger charge is -2.41. The van der Waals surface area contributed by atoms with Crippen LogP contribution in [0.1, 0.15) is 67.3 Å². The Morgan fingerprint density at radius 3 is 1.75 bits per heavy atom.